The van der Waals surface area contributed by atoms with Crippen LogP contribution in [0.1, 0.15) is 0 Å². The number of benzene rings is 1. The molecule has 0 aliphatic carbocycles. The molecular formula is C18H19N5O8. The van der Waals surface area contributed by atoms with Crippen LogP contribution in [0.25, 0.3) is 22.7 Å². The Balaban J connectivity index is 1.54. The molecule has 2 aromatic heterocycles. The summed E-state index contributed by atoms with van der Waals surface area (Å²) in [4.78, 5) is 36.9. The SMILES string of the molecule is O=C(O)NCCOCCOCCn1nc(-c2nc3cc([N+](=O)[O-])ccc3o2)ccc1=O. The molecule has 0 unspecified atom stereocenters. The Kier molecular flexibility index (Phi) is 7.24. The van der Waals surface area contributed by atoms with Crippen molar-refractivity contribution in [1.82, 2.24) is 20.1 Å². The number of carboxylic acid groups (broad SMARTS) is 1. The molecule has 0 atom stereocenters. The van der Waals surface area contributed by atoms with Crippen LogP contribution in [-0.4, -0.2) is 63.9 Å². The fourth-order valence-electron chi connectivity index (χ4n) is 2.57. The fourth-order valence-corrected chi connectivity index (χ4v) is 2.57. The van der Waals surface area contributed by atoms with Crippen LogP contribution in [0.15, 0.2) is 39.5 Å². The van der Waals surface area contributed by atoms with Gasteiger partial charge in [-0.15, -0.1) is 0 Å². The van der Waals surface area contributed by atoms with Gasteiger partial charge in [-0.2, -0.15) is 5.10 Å². The van der Waals surface area contributed by atoms with Crippen molar-refractivity contribution in [2.75, 3.05) is 33.0 Å². The fraction of sp³-hybridized carbons (Fsp3) is 0.333. The third-order valence-electron chi connectivity index (χ3n) is 4.01. The first-order valence-corrected chi connectivity index (χ1v) is 9.20. The van der Waals surface area contributed by atoms with Crippen molar-refractivity contribution in [1.29, 1.82) is 0 Å². The van der Waals surface area contributed by atoms with E-state index in [0.717, 1.165) is 0 Å². The number of nitro groups is 1. The van der Waals surface area contributed by atoms with Gasteiger partial charge in [-0.1, -0.05) is 0 Å². The third-order valence-corrected chi connectivity index (χ3v) is 4.01. The Morgan fingerprint density at radius 1 is 1.19 bits per heavy atom. The number of nitro benzene ring substituents is 1. The molecule has 2 heterocycles. The number of hydrogen-bond acceptors (Lipinski definition) is 9. The van der Waals surface area contributed by atoms with E-state index in [2.05, 4.69) is 15.4 Å². The lowest BCUT2D eigenvalue weighted by atomic mass is 10.3. The van der Waals surface area contributed by atoms with E-state index in [0.29, 0.717) is 16.8 Å². The molecule has 1 amide bonds. The second-order valence-corrected chi connectivity index (χ2v) is 6.16. The zero-order valence-electron chi connectivity index (χ0n) is 16.2. The highest BCUT2D eigenvalue weighted by Crippen LogP contribution is 2.25. The van der Waals surface area contributed by atoms with Crippen LogP contribution >= 0.6 is 0 Å². The van der Waals surface area contributed by atoms with Crippen molar-refractivity contribution in [3.63, 3.8) is 0 Å². The maximum absolute atomic E-state index is 12.0. The maximum atomic E-state index is 12.0. The van der Waals surface area contributed by atoms with Gasteiger partial charge in [0.15, 0.2) is 5.58 Å². The lowest BCUT2D eigenvalue weighted by Gasteiger charge is -2.07. The van der Waals surface area contributed by atoms with E-state index in [4.69, 9.17) is 19.0 Å². The van der Waals surface area contributed by atoms with Crippen molar-refractivity contribution < 1.29 is 28.7 Å². The number of hydrogen-bond donors (Lipinski definition) is 2. The number of ether oxygens (including phenoxy) is 2. The molecular weight excluding hydrogens is 414 g/mol. The molecule has 0 aliphatic rings. The van der Waals surface area contributed by atoms with Gasteiger partial charge in [0.1, 0.15) is 11.2 Å². The molecule has 0 saturated heterocycles. The smallest absolute Gasteiger partial charge is 0.404 e. The average Bonchev–Trinajstić information content (AvgIpc) is 3.16. The van der Waals surface area contributed by atoms with Crippen LogP contribution in [0.3, 0.4) is 0 Å². The Morgan fingerprint density at radius 3 is 2.71 bits per heavy atom. The van der Waals surface area contributed by atoms with Gasteiger partial charge in [-0.3, -0.25) is 14.9 Å². The minimum Gasteiger partial charge on any atom is -0.465 e. The predicted octanol–water partition coefficient (Wildman–Crippen LogP) is 1.26. The number of amides is 1. The van der Waals surface area contributed by atoms with Gasteiger partial charge in [0.2, 0.25) is 5.89 Å². The summed E-state index contributed by atoms with van der Waals surface area (Å²) in [5, 5.41) is 25.7. The number of nitrogens with zero attached hydrogens (tertiary/aromatic N) is 4. The third kappa shape index (κ3) is 6.07. The predicted molar refractivity (Wildman–Crippen MR) is 106 cm³/mol. The molecule has 1 aromatic carbocycles. The van der Waals surface area contributed by atoms with Gasteiger partial charge >= 0.3 is 6.09 Å². The molecule has 31 heavy (non-hydrogen) atoms. The number of oxazole rings is 1. The summed E-state index contributed by atoms with van der Waals surface area (Å²) >= 11 is 0. The summed E-state index contributed by atoms with van der Waals surface area (Å²) in [5.74, 6) is 0.133. The number of carbonyl (C=O) groups is 1. The molecule has 164 valence electrons. The molecule has 13 nitrogen and oxygen atoms in total. The highest BCUT2D eigenvalue weighted by molar-refractivity contribution is 5.78. The molecule has 0 spiro atoms. The van der Waals surface area contributed by atoms with Gasteiger partial charge in [0, 0.05) is 24.7 Å². The minimum atomic E-state index is -1.11. The summed E-state index contributed by atoms with van der Waals surface area (Å²) in [7, 11) is 0. The Hall–Kier alpha value is -3.84. The van der Waals surface area contributed by atoms with Gasteiger partial charge in [0.05, 0.1) is 37.9 Å². The number of aromatic nitrogens is 3. The molecule has 0 fully saturated rings. The van der Waals surface area contributed by atoms with Crippen LogP contribution in [0.2, 0.25) is 0 Å². The number of non-ortho nitro benzene ring substituents is 1. The highest BCUT2D eigenvalue weighted by atomic mass is 16.6. The Morgan fingerprint density at radius 2 is 1.97 bits per heavy atom. The second-order valence-electron chi connectivity index (χ2n) is 6.16. The largest absolute Gasteiger partial charge is 0.465 e. The molecule has 2 N–H and O–H groups in total. The van der Waals surface area contributed by atoms with E-state index in [1.165, 1.54) is 35.0 Å². The van der Waals surface area contributed by atoms with Gasteiger partial charge < -0.3 is 24.3 Å². The van der Waals surface area contributed by atoms with Crippen LogP contribution in [0, 0.1) is 10.1 Å². The first kappa shape index (κ1) is 21.9. The average molecular weight is 433 g/mol. The summed E-state index contributed by atoms with van der Waals surface area (Å²) < 4.78 is 17.4. The van der Waals surface area contributed by atoms with Gasteiger partial charge in [0.25, 0.3) is 11.2 Å². The lowest BCUT2D eigenvalue weighted by molar-refractivity contribution is -0.384. The normalized spacial score (nSPS) is 11.0. The molecule has 3 aromatic rings. The van der Waals surface area contributed by atoms with E-state index in [1.54, 1.807) is 0 Å². The molecule has 3 rings (SSSR count). The van der Waals surface area contributed by atoms with Crippen molar-refractivity contribution in [2.45, 2.75) is 6.54 Å². The maximum Gasteiger partial charge on any atom is 0.404 e. The van der Waals surface area contributed by atoms with Crippen LogP contribution in [-0.2, 0) is 16.0 Å². The Bertz CT molecular complexity index is 1130. The highest BCUT2D eigenvalue weighted by Gasteiger charge is 2.14. The monoisotopic (exact) mass is 433 g/mol. The lowest BCUT2D eigenvalue weighted by Crippen LogP contribution is -2.26. The summed E-state index contributed by atoms with van der Waals surface area (Å²) in [6.45, 7) is 1.34. The van der Waals surface area contributed by atoms with Crippen molar-refractivity contribution in [3.8, 4) is 11.6 Å². The minimum absolute atomic E-state index is 0.107. The molecule has 0 radical (unpaired) electrons. The number of fused-ring (bicyclic) bond motifs is 1. The standard InChI is InChI=1S/C18H19N5O8/c24-16-4-2-13(17-20-14-11-12(23(27)28)1-3-15(14)31-17)21-22(16)6-8-30-10-9-29-7-5-19-18(25)26/h1-4,11,19H,5-10H2,(H,25,26). The first-order valence-electron chi connectivity index (χ1n) is 9.20. The number of rotatable bonds is 11. The van der Waals surface area contributed by atoms with Crippen molar-refractivity contribution >= 4 is 22.9 Å². The molecule has 0 saturated carbocycles. The summed E-state index contributed by atoms with van der Waals surface area (Å²) in [5.41, 5.74) is 0.528. The van der Waals surface area contributed by atoms with Crippen LogP contribution < -0.4 is 10.9 Å². The van der Waals surface area contributed by atoms with Gasteiger partial charge in [-0.05, 0) is 12.1 Å². The zero-order valence-corrected chi connectivity index (χ0v) is 16.2. The van der Waals surface area contributed by atoms with Crippen molar-refractivity contribution in [3.05, 3.63) is 50.8 Å². The van der Waals surface area contributed by atoms with Crippen LogP contribution in [0.5, 0.6) is 0 Å². The van der Waals surface area contributed by atoms with E-state index in [9.17, 15) is 19.7 Å². The first-order chi connectivity index (χ1) is 14.9. The van der Waals surface area contributed by atoms with Gasteiger partial charge in [-0.25, -0.2) is 14.5 Å². The van der Waals surface area contributed by atoms with E-state index in [-0.39, 0.29) is 56.7 Å². The Labute approximate surface area is 174 Å². The summed E-state index contributed by atoms with van der Waals surface area (Å²) in [6, 6.07) is 6.84. The number of nitrogens with one attached hydrogen (secondary N) is 1. The zero-order chi connectivity index (χ0) is 22.2. The van der Waals surface area contributed by atoms with E-state index >= 15 is 0 Å². The quantitative estimate of drug-likeness (QED) is 0.255. The van der Waals surface area contributed by atoms with E-state index < -0.39 is 11.0 Å². The molecule has 13 heteroatoms. The topological polar surface area (TPSA) is 172 Å². The summed E-state index contributed by atoms with van der Waals surface area (Å²) in [6.07, 6.45) is -1.11. The van der Waals surface area contributed by atoms with Crippen molar-refractivity contribution in [2.24, 2.45) is 0 Å². The molecule has 0 aliphatic heterocycles. The second kappa shape index (κ2) is 10.3. The van der Waals surface area contributed by atoms with Crippen LogP contribution in [0.4, 0.5) is 10.5 Å². The molecule has 0 bridgehead atoms. The van der Waals surface area contributed by atoms with E-state index in [1.807, 2.05) is 0 Å².